The van der Waals surface area contributed by atoms with Crippen molar-refractivity contribution < 1.29 is 49.8 Å². The van der Waals surface area contributed by atoms with E-state index in [2.05, 4.69) is 16.0 Å². The van der Waals surface area contributed by atoms with Crippen LogP contribution in [-0.2, 0) is 51.1 Å². The smallest absolute Gasteiger partial charge is 0.547 e. The van der Waals surface area contributed by atoms with Crippen molar-refractivity contribution in [2.24, 2.45) is 0 Å². The molecule has 3 unspecified atom stereocenters. The van der Waals surface area contributed by atoms with Crippen LogP contribution in [-0.4, -0.2) is 17.9 Å². The van der Waals surface area contributed by atoms with Crippen molar-refractivity contribution >= 4 is 17.9 Å². The van der Waals surface area contributed by atoms with Crippen LogP contribution in [0, 0.1) is 20.8 Å². The minimum absolute atomic E-state index is 0. The van der Waals surface area contributed by atoms with Crippen molar-refractivity contribution in [2.45, 2.75) is 37.4 Å². The molecule has 0 aliphatic carbocycles. The van der Waals surface area contributed by atoms with E-state index >= 15 is 0 Å². The van der Waals surface area contributed by atoms with E-state index in [0.29, 0.717) is 16.7 Å². The number of carboxylic acid groups (broad SMARTS) is 3. The third kappa shape index (κ3) is 8.54. The van der Waals surface area contributed by atoms with Gasteiger partial charge in [0.05, 0.1) is 17.9 Å². The van der Waals surface area contributed by atoms with Gasteiger partial charge in [-0.05, 0) is 92.5 Å². The molecular weight excluding hydrogens is 799 g/mol. The van der Waals surface area contributed by atoms with Gasteiger partial charge in [0.25, 0.3) is 0 Å². The summed E-state index contributed by atoms with van der Waals surface area (Å²) in [5.41, 5.74) is 1.32. The number of benzene rings is 3. The number of carbonyl (C=O) groups excluding carboxylic acids is 3. The van der Waals surface area contributed by atoms with E-state index in [-0.39, 0.29) is 20.1 Å². The Kier molecular flexibility index (Phi) is 12.9. The number of rotatable bonds is 6. The third-order valence-corrected chi connectivity index (χ3v) is 7.98. The van der Waals surface area contributed by atoms with Crippen LogP contribution in [0.15, 0.2) is 146 Å². The molecule has 0 saturated heterocycles. The number of hydrogen-bond acceptors (Lipinski definition) is 9. The molecule has 3 aromatic carbocycles. The van der Waals surface area contributed by atoms with Gasteiger partial charge in [0, 0.05) is 0 Å². The molecule has 49 heavy (non-hydrogen) atoms. The summed E-state index contributed by atoms with van der Waals surface area (Å²) >= 11 is 0. The van der Waals surface area contributed by atoms with E-state index in [0.717, 1.165) is 16.7 Å². The maximum Gasteiger partial charge on any atom is 3.00 e. The van der Waals surface area contributed by atoms with Crippen molar-refractivity contribution in [3.8, 4) is 0 Å². The zero-order chi connectivity index (χ0) is 34.8. The van der Waals surface area contributed by atoms with Gasteiger partial charge in [-0.3, -0.25) is 0 Å². The quantitative estimate of drug-likeness (QED) is 0.338. The predicted octanol–water partition coefficient (Wildman–Crippen LogP) is 1.84. The number of carboxylic acids is 3. The first kappa shape index (κ1) is 38.0. The maximum absolute atomic E-state index is 11.3. The first-order valence-electron chi connectivity index (χ1n) is 15.2. The number of carbonyl (C=O) groups is 3. The molecule has 3 N–H and O–H groups in total. The second-order valence-electron chi connectivity index (χ2n) is 11.5. The minimum atomic E-state index is -1.25. The van der Waals surface area contributed by atoms with Gasteiger partial charge in [-0.15, -0.1) is 0 Å². The van der Waals surface area contributed by atoms with Crippen LogP contribution in [0.2, 0.25) is 0 Å². The van der Waals surface area contributed by atoms with Crippen molar-refractivity contribution in [3.63, 3.8) is 0 Å². The van der Waals surface area contributed by atoms with Crippen LogP contribution in [0.25, 0.3) is 0 Å². The Morgan fingerprint density at radius 3 is 0.918 bits per heavy atom. The Morgan fingerprint density at radius 1 is 0.469 bits per heavy atom. The average Bonchev–Trinajstić information content (AvgIpc) is 3.09. The Bertz CT molecular complexity index is 1650. The third-order valence-electron chi connectivity index (χ3n) is 7.98. The molecule has 3 atom stereocenters. The zero-order valence-corrected chi connectivity index (χ0v) is 29.5. The molecular formula is C39H36IrN3O6. The van der Waals surface area contributed by atoms with Crippen molar-refractivity contribution in [1.29, 1.82) is 0 Å². The summed E-state index contributed by atoms with van der Waals surface area (Å²) < 4.78 is 0. The molecule has 252 valence electrons. The number of hydrogen-bond donors (Lipinski definition) is 3. The van der Waals surface area contributed by atoms with E-state index in [1.165, 1.54) is 0 Å². The molecule has 10 heteroatoms. The van der Waals surface area contributed by atoms with Crippen LogP contribution in [0.5, 0.6) is 0 Å². The predicted molar refractivity (Wildman–Crippen MR) is 178 cm³/mol. The SMILES string of the molecule is Cc1cccc(C2(C(=O)[O-])C=CC=CN2)c1.Cc1cccc(C2(C(=O)[O-])C=CC=CN2)c1.Cc1cccc(C2(C(=O)[O-])C=CC=CN2)c1.[Ir+3]. The number of allylic oxidation sites excluding steroid dienone is 6. The summed E-state index contributed by atoms with van der Waals surface area (Å²) in [7, 11) is 0. The van der Waals surface area contributed by atoms with Crippen LogP contribution < -0.4 is 31.3 Å². The molecule has 3 aliphatic heterocycles. The summed E-state index contributed by atoms with van der Waals surface area (Å²) in [6, 6.07) is 22.1. The molecule has 0 spiro atoms. The van der Waals surface area contributed by atoms with Crippen LogP contribution >= 0.6 is 0 Å². The monoisotopic (exact) mass is 835 g/mol. The first-order chi connectivity index (χ1) is 22.9. The topological polar surface area (TPSA) is 156 Å². The molecule has 0 fully saturated rings. The van der Waals surface area contributed by atoms with E-state index in [1.54, 1.807) is 91.5 Å². The van der Waals surface area contributed by atoms with Gasteiger partial charge in [-0.2, -0.15) is 0 Å². The summed E-state index contributed by atoms with van der Waals surface area (Å²) in [6.07, 6.45) is 20.0. The second-order valence-corrected chi connectivity index (χ2v) is 11.5. The van der Waals surface area contributed by atoms with Crippen molar-refractivity contribution in [1.82, 2.24) is 16.0 Å². The fraction of sp³-hybridized carbons (Fsp3) is 0.154. The van der Waals surface area contributed by atoms with Gasteiger partial charge in [0.1, 0.15) is 16.6 Å². The van der Waals surface area contributed by atoms with E-state index in [4.69, 9.17) is 0 Å². The standard InChI is InChI=1S/3C13H13NO2.Ir/c3*1-10-5-4-6-11(9-10)13(12(15)16)7-2-3-8-14-13;/h3*2-9,14H,1H3,(H,15,16);/q;;;+3/p-3. The van der Waals surface area contributed by atoms with Gasteiger partial charge < -0.3 is 45.7 Å². The van der Waals surface area contributed by atoms with Crippen LogP contribution in [0.3, 0.4) is 0 Å². The molecule has 3 aromatic rings. The van der Waals surface area contributed by atoms with Gasteiger partial charge in [0.15, 0.2) is 0 Å². The normalized spacial score (nSPS) is 22.3. The number of nitrogens with one attached hydrogen (secondary N) is 3. The molecule has 0 amide bonds. The van der Waals surface area contributed by atoms with Gasteiger partial charge in [-0.25, -0.2) is 0 Å². The molecule has 0 radical (unpaired) electrons. The van der Waals surface area contributed by atoms with Crippen LogP contribution in [0.4, 0.5) is 0 Å². The fourth-order valence-corrected chi connectivity index (χ4v) is 5.39. The summed E-state index contributed by atoms with van der Waals surface area (Å²) in [4.78, 5) is 34.0. The van der Waals surface area contributed by atoms with Gasteiger partial charge >= 0.3 is 20.1 Å². The number of dihydropyridines is 3. The van der Waals surface area contributed by atoms with Crippen LogP contribution in [0.1, 0.15) is 33.4 Å². The largest absolute Gasteiger partial charge is 3.00 e. The summed E-state index contributed by atoms with van der Waals surface area (Å²) in [6.45, 7) is 5.78. The molecule has 6 rings (SSSR count). The van der Waals surface area contributed by atoms with Gasteiger partial charge in [0.2, 0.25) is 0 Å². The Morgan fingerprint density at radius 2 is 0.735 bits per heavy atom. The maximum atomic E-state index is 11.3. The van der Waals surface area contributed by atoms with Gasteiger partial charge in [-0.1, -0.05) is 108 Å². The first-order valence-corrected chi connectivity index (χ1v) is 15.2. The number of aliphatic carboxylic acids is 3. The Hall–Kier alpha value is -5.44. The van der Waals surface area contributed by atoms with Crippen molar-refractivity contribution in [2.75, 3.05) is 0 Å². The molecule has 0 bridgehead atoms. The second kappa shape index (κ2) is 16.6. The zero-order valence-electron chi connectivity index (χ0n) is 27.1. The average molecular weight is 835 g/mol. The Balaban J connectivity index is 0.000000197. The summed E-state index contributed by atoms with van der Waals surface area (Å²) in [5.74, 6) is -3.46. The Labute approximate surface area is 299 Å². The fourth-order valence-electron chi connectivity index (χ4n) is 5.39. The van der Waals surface area contributed by atoms with E-state index in [9.17, 15) is 29.7 Å². The molecule has 0 aromatic heterocycles. The molecule has 0 saturated carbocycles. The molecule has 3 aliphatic rings. The minimum Gasteiger partial charge on any atom is -0.547 e. The van der Waals surface area contributed by atoms with E-state index in [1.807, 2.05) is 75.4 Å². The summed E-state index contributed by atoms with van der Waals surface area (Å²) in [5, 5.41) is 42.5. The molecule has 3 heterocycles. The number of aryl methyl sites for hydroxylation is 3. The van der Waals surface area contributed by atoms with Crippen molar-refractivity contribution in [3.05, 3.63) is 179 Å². The molecule has 9 nitrogen and oxygen atoms in total. The van der Waals surface area contributed by atoms with E-state index < -0.39 is 34.5 Å².